The first-order valence-electron chi connectivity index (χ1n) is 24.1. The third-order valence-corrected chi connectivity index (χ3v) is 15.4. The number of hydrogen-bond donors (Lipinski definition) is 0. The Balaban J connectivity index is 0.811. The van der Waals surface area contributed by atoms with Crippen LogP contribution in [0, 0.1) is 0 Å². The molecule has 0 amide bonds. The summed E-state index contributed by atoms with van der Waals surface area (Å²) >= 11 is 0. The van der Waals surface area contributed by atoms with Gasteiger partial charge in [0.05, 0.1) is 10.8 Å². The summed E-state index contributed by atoms with van der Waals surface area (Å²) in [6.07, 6.45) is 0. The van der Waals surface area contributed by atoms with Crippen molar-refractivity contribution in [3.8, 4) is 55.6 Å². The van der Waals surface area contributed by atoms with Crippen LogP contribution >= 0.6 is 0 Å². The lowest BCUT2D eigenvalue weighted by Gasteiger charge is -2.34. The van der Waals surface area contributed by atoms with E-state index < -0.39 is 5.41 Å². The minimum Gasteiger partial charge on any atom is -0.311 e. The topological polar surface area (TPSA) is 3.24 Å². The fourth-order valence-corrected chi connectivity index (χ4v) is 12.5. The van der Waals surface area contributed by atoms with Crippen molar-refractivity contribution in [1.29, 1.82) is 0 Å². The number of fused-ring (bicyclic) bond motifs is 13. The van der Waals surface area contributed by atoms with Gasteiger partial charge in [-0.3, -0.25) is 0 Å². The van der Waals surface area contributed by atoms with E-state index in [0.29, 0.717) is 0 Å². The highest BCUT2D eigenvalue weighted by atomic mass is 15.1. The van der Waals surface area contributed by atoms with E-state index in [9.17, 15) is 0 Å². The maximum atomic E-state index is 2.47. The van der Waals surface area contributed by atoms with Crippen molar-refractivity contribution in [1.82, 2.24) is 0 Å². The van der Waals surface area contributed by atoms with Crippen LogP contribution in [0.5, 0.6) is 0 Å². The maximum absolute atomic E-state index is 2.47. The van der Waals surface area contributed by atoms with Crippen molar-refractivity contribution in [2.75, 3.05) is 4.90 Å². The van der Waals surface area contributed by atoms with Gasteiger partial charge in [0.2, 0.25) is 0 Å². The van der Waals surface area contributed by atoms with Crippen LogP contribution in [-0.2, 0) is 10.8 Å². The van der Waals surface area contributed by atoms with Crippen molar-refractivity contribution >= 4 is 17.1 Å². The third-order valence-electron chi connectivity index (χ3n) is 15.4. The fraction of sp³-hybridized carbons (Fsp3) is 0.0294. The zero-order chi connectivity index (χ0) is 45.5. The second kappa shape index (κ2) is 15.4. The smallest absolute Gasteiger partial charge is 0.0725 e. The van der Waals surface area contributed by atoms with Crippen molar-refractivity contribution < 1.29 is 0 Å². The summed E-state index contributed by atoms with van der Waals surface area (Å²) in [6, 6.07) is 101. The Labute approximate surface area is 403 Å². The average molecular weight is 876 g/mol. The van der Waals surface area contributed by atoms with Gasteiger partial charge < -0.3 is 4.90 Å². The van der Waals surface area contributed by atoms with E-state index in [0.717, 1.165) is 17.1 Å². The SMILES string of the molecule is c1ccc(N(c2ccc(-c3ccc(C4(c5ccccc5)c5ccccc5-c5ccccc54)cc3)cc2)c2ccc(-c3ccc4c(c3)C3(c5ccccc5-c5ccccc53)c3ccccc3-4)cc2)cc1. The van der Waals surface area contributed by atoms with Gasteiger partial charge in [-0.1, -0.05) is 231 Å². The fourth-order valence-electron chi connectivity index (χ4n) is 12.5. The van der Waals surface area contributed by atoms with Crippen LogP contribution in [0.3, 0.4) is 0 Å². The molecule has 69 heavy (non-hydrogen) atoms. The maximum Gasteiger partial charge on any atom is 0.0725 e. The molecule has 322 valence electrons. The van der Waals surface area contributed by atoms with Gasteiger partial charge in [-0.2, -0.15) is 0 Å². The minimum atomic E-state index is -0.411. The van der Waals surface area contributed by atoms with Crippen LogP contribution in [0.2, 0.25) is 0 Å². The van der Waals surface area contributed by atoms with Gasteiger partial charge in [-0.05, 0) is 143 Å². The summed E-state index contributed by atoms with van der Waals surface area (Å²) in [5, 5.41) is 0. The first-order chi connectivity index (χ1) is 34.2. The van der Waals surface area contributed by atoms with Crippen LogP contribution in [0.25, 0.3) is 55.6 Å². The summed E-state index contributed by atoms with van der Waals surface area (Å²) in [4.78, 5) is 2.36. The van der Waals surface area contributed by atoms with Gasteiger partial charge in [0.1, 0.15) is 0 Å². The number of anilines is 3. The largest absolute Gasteiger partial charge is 0.311 e. The molecule has 0 fully saturated rings. The highest BCUT2D eigenvalue weighted by Gasteiger charge is 2.51. The Morgan fingerprint density at radius 2 is 0.507 bits per heavy atom. The van der Waals surface area contributed by atoms with Crippen molar-refractivity contribution in [2.45, 2.75) is 10.8 Å². The summed E-state index contributed by atoms with van der Waals surface area (Å²) in [5.74, 6) is 0. The first-order valence-corrected chi connectivity index (χ1v) is 24.1. The molecule has 0 N–H and O–H groups in total. The molecule has 14 rings (SSSR count). The Morgan fingerprint density at radius 3 is 0.957 bits per heavy atom. The van der Waals surface area contributed by atoms with Gasteiger partial charge in [0, 0.05) is 17.1 Å². The Morgan fingerprint density at radius 1 is 0.203 bits per heavy atom. The first kappa shape index (κ1) is 39.4. The van der Waals surface area contributed by atoms with Crippen LogP contribution in [-0.4, -0.2) is 0 Å². The summed E-state index contributed by atoms with van der Waals surface area (Å²) in [7, 11) is 0. The summed E-state index contributed by atoms with van der Waals surface area (Å²) in [6.45, 7) is 0. The Hall–Kier alpha value is -8.78. The standard InChI is InChI=1S/C68H45N/c1-3-17-50(18-4-1)67(61-26-12-7-21-55(61)56-22-8-13-27-62(56)67)51-38-31-46(32-39-51)47-33-40-53(41-34-47)69(52-19-5-2-6-20-52)54-42-35-48(36-43-54)49-37-44-60-59-25-11-16-30-65(59)68(66(60)45-49)63-28-14-9-23-57(63)58-24-10-15-29-64(58)68/h1-45H. The van der Waals surface area contributed by atoms with E-state index in [4.69, 9.17) is 0 Å². The molecule has 0 atom stereocenters. The zero-order valence-corrected chi connectivity index (χ0v) is 37.9. The molecule has 3 aliphatic rings. The van der Waals surface area contributed by atoms with E-state index in [-0.39, 0.29) is 5.41 Å². The quantitative estimate of drug-likeness (QED) is 0.154. The molecule has 0 bridgehead atoms. The van der Waals surface area contributed by atoms with Crippen molar-refractivity contribution in [2.24, 2.45) is 0 Å². The van der Waals surface area contributed by atoms with Crippen molar-refractivity contribution in [3.63, 3.8) is 0 Å². The van der Waals surface area contributed by atoms with E-state index >= 15 is 0 Å². The minimum absolute atomic E-state index is 0.369. The number of hydrogen-bond acceptors (Lipinski definition) is 1. The molecule has 3 aliphatic carbocycles. The van der Waals surface area contributed by atoms with Crippen LogP contribution in [0.15, 0.2) is 273 Å². The van der Waals surface area contributed by atoms with Gasteiger partial charge in [0.25, 0.3) is 0 Å². The van der Waals surface area contributed by atoms with Gasteiger partial charge in [0.15, 0.2) is 0 Å². The van der Waals surface area contributed by atoms with E-state index in [2.05, 4.69) is 278 Å². The van der Waals surface area contributed by atoms with E-state index in [1.807, 2.05) is 0 Å². The molecule has 0 radical (unpaired) electrons. The van der Waals surface area contributed by atoms with Gasteiger partial charge >= 0.3 is 0 Å². The van der Waals surface area contributed by atoms with Gasteiger partial charge in [-0.25, -0.2) is 0 Å². The molecular formula is C68H45N. The predicted molar refractivity (Wildman–Crippen MR) is 286 cm³/mol. The molecule has 11 aromatic rings. The Kier molecular flexibility index (Phi) is 8.78. The number of nitrogens with zero attached hydrogens (tertiary/aromatic N) is 1. The van der Waals surface area contributed by atoms with E-state index in [1.165, 1.54) is 100 Å². The summed E-state index contributed by atoms with van der Waals surface area (Å²) in [5.41, 5.74) is 25.9. The normalized spacial score (nSPS) is 13.7. The second-order valence-corrected chi connectivity index (χ2v) is 18.7. The molecule has 1 nitrogen and oxygen atoms in total. The molecule has 0 aromatic heterocycles. The van der Waals surface area contributed by atoms with Crippen molar-refractivity contribution in [3.05, 3.63) is 317 Å². The molecule has 0 unspecified atom stereocenters. The Bertz CT molecular complexity index is 3650. The zero-order valence-electron chi connectivity index (χ0n) is 37.9. The molecule has 1 heteroatoms. The molecule has 11 aromatic carbocycles. The third kappa shape index (κ3) is 5.65. The molecular weight excluding hydrogens is 831 g/mol. The number of para-hydroxylation sites is 1. The molecule has 0 aliphatic heterocycles. The van der Waals surface area contributed by atoms with Crippen LogP contribution in [0.1, 0.15) is 44.5 Å². The molecule has 1 spiro atoms. The highest BCUT2D eigenvalue weighted by Crippen LogP contribution is 2.63. The number of rotatable bonds is 7. The highest BCUT2D eigenvalue weighted by molar-refractivity contribution is 5.96. The molecule has 0 saturated heterocycles. The van der Waals surface area contributed by atoms with Crippen LogP contribution in [0.4, 0.5) is 17.1 Å². The van der Waals surface area contributed by atoms with Gasteiger partial charge in [-0.15, -0.1) is 0 Å². The van der Waals surface area contributed by atoms with Crippen LogP contribution < -0.4 is 4.90 Å². The lowest BCUT2D eigenvalue weighted by Crippen LogP contribution is -2.28. The van der Waals surface area contributed by atoms with E-state index in [1.54, 1.807) is 0 Å². The monoisotopic (exact) mass is 875 g/mol. The molecule has 0 heterocycles. The summed E-state index contributed by atoms with van der Waals surface area (Å²) < 4.78 is 0. The predicted octanol–water partition coefficient (Wildman–Crippen LogP) is 17.2. The molecule has 0 saturated carbocycles. The second-order valence-electron chi connectivity index (χ2n) is 18.7. The lowest BCUT2D eigenvalue weighted by atomic mass is 9.67. The average Bonchev–Trinajstić information content (AvgIpc) is 4.02. The lowest BCUT2D eigenvalue weighted by molar-refractivity contribution is 0.768. The number of benzene rings is 11.